The third-order valence-corrected chi connectivity index (χ3v) is 4.47. The minimum atomic E-state index is -0.687. The Morgan fingerprint density at radius 3 is 2.85 bits per heavy atom. The molecule has 1 saturated carbocycles. The monoisotopic (exact) mass is 291 g/mol. The van der Waals surface area contributed by atoms with Crippen molar-refractivity contribution in [1.29, 1.82) is 0 Å². The first kappa shape index (κ1) is 13.6. The van der Waals surface area contributed by atoms with Gasteiger partial charge >= 0.3 is 0 Å². The van der Waals surface area contributed by atoms with E-state index in [1.54, 1.807) is 11.0 Å². The molecule has 0 spiro atoms. The maximum atomic E-state index is 10.9. The van der Waals surface area contributed by atoms with Crippen molar-refractivity contribution in [2.75, 3.05) is 0 Å². The van der Waals surface area contributed by atoms with Crippen LogP contribution in [-0.2, 0) is 13.0 Å². The Labute approximate surface area is 123 Å². The smallest absolute Gasteiger partial charge is 0.137 e. The molecule has 0 saturated heterocycles. The molecule has 106 valence electrons. The van der Waals surface area contributed by atoms with Crippen LogP contribution in [0.15, 0.2) is 36.9 Å². The van der Waals surface area contributed by atoms with Gasteiger partial charge in [-0.1, -0.05) is 30.2 Å². The van der Waals surface area contributed by atoms with Gasteiger partial charge in [-0.25, -0.2) is 4.98 Å². The third-order valence-electron chi connectivity index (χ3n) is 4.22. The molecule has 5 heteroatoms. The third kappa shape index (κ3) is 2.86. The molecule has 0 bridgehead atoms. The van der Waals surface area contributed by atoms with E-state index in [0.717, 1.165) is 30.7 Å². The summed E-state index contributed by atoms with van der Waals surface area (Å²) in [5.41, 5.74) is 0.533. The number of nitrogens with zero attached hydrogens (tertiary/aromatic N) is 3. The summed E-state index contributed by atoms with van der Waals surface area (Å²) in [5, 5.41) is 15.8. The molecule has 1 heterocycles. The zero-order chi connectivity index (χ0) is 14.0. The van der Waals surface area contributed by atoms with Crippen LogP contribution in [0.3, 0.4) is 0 Å². The SMILES string of the molecule is O[C@]1(Cn2cncn2)CCC[C@@H]1Cc1ccc(Cl)cc1. The molecule has 0 aliphatic heterocycles. The molecule has 2 atom stereocenters. The van der Waals surface area contributed by atoms with Crippen LogP contribution in [0.5, 0.6) is 0 Å². The highest BCUT2D eigenvalue weighted by molar-refractivity contribution is 6.30. The molecule has 0 amide bonds. The van der Waals surface area contributed by atoms with Gasteiger partial charge in [0, 0.05) is 5.02 Å². The van der Waals surface area contributed by atoms with E-state index in [1.807, 2.05) is 24.3 Å². The second kappa shape index (κ2) is 5.54. The van der Waals surface area contributed by atoms with Crippen LogP contribution >= 0.6 is 11.6 Å². The maximum absolute atomic E-state index is 10.9. The zero-order valence-corrected chi connectivity index (χ0v) is 12.0. The lowest BCUT2D eigenvalue weighted by atomic mass is 9.85. The van der Waals surface area contributed by atoms with E-state index in [1.165, 1.54) is 11.9 Å². The summed E-state index contributed by atoms with van der Waals surface area (Å²) in [6, 6.07) is 7.89. The summed E-state index contributed by atoms with van der Waals surface area (Å²) in [5.74, 6) is 0.257. The fourth-order valence-corrected chi connectivity index (χ4v) is 3.25. The Bertz CT molecular complexity index is 555. The number of hydrogen-bond donors (Lipinski definition) is 1. The lowest BCUT2D eigenvalue weighted by Gasteiger charge is -2.30. The Kier molecular flexibility index (Phi) is 3.76. The fourth-order valence-electron chi connectivity index (χ4n) is 3.13. The Hall–Kier alpha value is -1.39. The average molecular weight is 292 g/mol. The molecule has 3 rings (SSSR count). The fraction of sp³-hybridized carbons (Fsp3) is 0.467. The molecule has 1 aliphatic carbocycles. The first-order valence-corrected chi connectivity index (χ1v) is 7.33. The summed E-state index contributed by atoms with van der Waals surface area (Å²) < 4.78 is 1.72. The minimum absolute atomic E-state index is 0.257. The molecule has 0 radical (unpaired) electrons. The van der Waals surface area contributed by atoms with Crippen LogP contribution in [-0.4, -0.2) is 25.5 Å². The van der Waals surface area contributed by atoms with Gasteiger partial charge in [0.25, 0.3) is 0 Å². The van der Waals surface area contributed by atoms with E-state index in [4.69, 9.17) is 11.6 Å². The highest BCUT2D eigenvalue weighted by atomic mass is 35.5. The van der Waals surface area contributed by atoms with Crippen LogP contribution in [0.25, 0.3) is 0 Å². The number of benzene rings is 1. The number of rotatable bonds is 4. The van der Waals surface area contributed by atoms with Gasteiger partial charge in [0.2, 0.25) is 0 Å². The Balaban J connectivity index is 1.73. The van der Waals surface area contributed by atoms with Gasteiger partial charge in [0.1, 0.15) is 12.7 Å². The minimum Gasteiger partial charge on any atom is -0.388 e. The molecule has 2 aromatic rings. The second-order valence-electron chi connectivity index (χ2n) is 5.62. The predicted octanol–water partition coefficient (Wildman–Crippen LogP) is 2.71. The van der Waals surface area contributed by atoms with Crippen molar-refractivity contribution in [3.8, 4) is 0 Å². The number of aliphatic hydroxyl groups is 1. The maximum Gasteiger partial charge on any atom is 0.137 e. The van der Waals surface area contributed by atoms with Gasteiger partial charge < -0.3 is 5.11 Å². The van der Waals surface area contributed by atoms with E-state index in [0.29, 0.717) is 6.54 Å². The van der Waals surface area contributed by atoms with E-state index >= 15 is 0 Å². The van der Waals surface area contributed by atoms with Crippen LogP contribution in [0.4, 0.5) is 0 Å². The average Bonchev–Trinajstić information content (AvgIpc) is 3.04. The van der Waals surface area contributed by atoms with Crippen LogP contribution in [0.1, 0.15) is 24.8 Å². The molecule has 1 fully saturated rings. The Morgan fingerprint density at radius 1 is 1.35 bits per heavy atom. The first-order chi connectivity index (χ1) is 9.66. The molecule has 4 nitrogen and oxygen atoms in total. The van der Waals surface area contributed by atoms with Crippen molar-refractivity contribution in [3.05, 3.63) is 47.5 Å². The van der Waals surface area contributed by atoms with Crippen molar-refractivity contribution in [3.63, 3.8) is 0 Å². The van der Waals surface area contributed by atoms with E-state index in [9.17, 15) is 5.11 Å². The summed E-state index contributed by atoms with van der Waals surface area (Å²) in [6.45, 7) is 0.519. The van der Waals surface area contributed by atoms with Crippen molar-refractivity contribution in [1.82, 2.24) is 14.8 Å². The van der Waals surface area contributed by atoms with Crippen molar-refractivity contribution < 1.29 is 5.11 Å². The lowest BCUT2D eigenvalue weighted by Crippen LogP contribution is -2.39. The predicted molar refractivity (Wildman–Crippen MR) is 77.5 cm³/mol. The summed E-state index contributed by atoms with van der Waals surface area (Å²) in [6.07, 6.45) is 6.98. The van der Waals surface area contributed by atoms with Gasteiger partial charge in [-0.2, -0.15) is 5.10 Å². The van der Waals surface area contributed by atoms with Gasteiger partial charge in [0.15, 0.2) is 0 Å². The van der Waals surface area contributed by atoms with E-state index in [-0.39, 0.29) is 5.92 Å². The molecule has 1 N–H and O–H groups in total. The molecule has 20 heavy (non-hydrogen) atoms. The van der Waals surface area contributed by atoms with Gasteiger partial charge in [-0.3, -0.25) is 4.68 Å². The topological polar surface area (TPSA) is 50.9 Å². The first-order valence-electron chi connectivity index (χ1n) is 6.95. The summed E-state index contributed by atoms with van der Waals surface area (Å²) >= 11 is 5.91. The molecular formula is C15H18ClN3O. The van der Waals surface area contributed by atoms with E-state index in [2.05, 4.69) is 10.1 Å². The van der Waals surface area contributed by atoms with Crippen molar-refractivity contribution in [2.24, 2.45) is 5.92 Å². The van der Waals surface area contributed by atoms with Crippen LogP contribution < -0.4 is 0 Å². The number of halogens is 1. The molecular weight excluding hydrogens is 274 g/mol. The number of hydrogen-bond acceptors (Lipinski definition) is 3. The quantitative estimate of drug-likeness (QED) is 0.942. The normalized spacial score (nSPS) is 26.0. The number of aromatic nitrogens is 3. The highest BCUT2D eigenvalue weighted by Gasteiger charge is 2.41. The highest BCUT2D eigenvalue weighted by Crippen LogP contribution is 2.39. The van der Waals surface area contributed by atoms with Gasteiger partial charge in [-0.15, -0.1) is 0 Å². The standard InChI is InChI=1S/C15H18ClN3O/c16-14-5-3-12(4-6-14)8-13-2-1-7-15(13,20)9-19-11-17-10-18-19/h3-6,10-11,13,20H,1-2,7-9H2/t13-,15+/m1/s1. The molecule has 1 aromatic heterocycles. The Morgan fingerprint density at radius 2 is 2.15 bits per heavy atom. The summed E-state index contributed by atoms with van der Waals surface area (Å²) in [4.78, 5) is 3.94. The summed E-state index contributed by atoms with van der Waals surface area (Å²) in [7, 11) is 0. The molecule has 1 aliphatic rings. The van der Waals surface area contributed by atoms with Crippen molar-refractivity contribution >= 4 is 11.6 Å². The van der Waals surface area contributed by atoms with E-state index < -0.39 is 5.60 Å². The second-order valence-corrected chi connectivity index (χ2v) is 6.05. The van der Waals surface area contributed by atoms with Crippen LogP contribution in [0, 0.1) is 5.92 Å². The lowest BCUT2D eigenvalue weighted by molar-refractivity contribution is -0.0163. The zero-order valence-electron chi connectivity index (χ0n) is 11.2. The molecule has 1 aromatic carbocycles. The van der Waals surface area contributed by atoms with Gasteiger partial charge in [-0.05, 0) is 42.9 Å². The van der Waals surface area contributed by atoms with Crippen molar-refractivity contribution in [2.45, 2.75) is 37.8 Å². The van der Waals surface area contributed by atoms with Crippen LogP contribution in [0.2, 0.25) is 5.02 Å². The largest absolute Gasteiger partial charge is 0.388 e. The molecule has 0 unspecified atom stereocenters. The van der Waals surface area contributed by atoms with Gasteiger partial charge in [0.05, 0.1) is 12.1 Å².